The van der Waals surface area contributed by atoms with Gasteiger partial charge in [0.05, 0.1) is 12.5 Å². The fraction of sp³-hybridized carbons (Fsp3) is 0.600. The third-order valence-corrected chi connectivity index (χ3v) is 5.32. The zero-order valence-corrected chi connectivity index (χ0v) is 15.2. The maximum Gasteiger partial charge on any atom is 0.228 e. The highest BCUT2D eigenvalue weighted by molar-refractivity contribution is 6.00. The van der Waals surface area contributed by atoms with Crippen molar-refractivity contribution in [2.24, 2.45) is 5.92 Å². The number of piperidine rings is 1. The molecule has 2 unspecified atom stereocenters. The molecule has 0 spiro atoms. The molecular formula is C20H28N2O3. The number of hydrogen-bond acceptors (Lipinski definition) is 3. The van der Waals surface area contributed by atoms with Crippen molar-refractivity contribution in [3.8, 4) is 5.75 Å². The minimum absolute atomic E-state index is 0.0348. The maximum atomic E-state index is 13.0. The smallest absolute Gasteiger partial charge is 0.228 e. The highest BCUT2D eigenvalue weighted by Gasteiger charge is 2.39. The summed E-state index contributed by atoms with van der Waals surface area (Å²) in [7, 11) is 0. The monoisotopic (exact) mass is 344 g/mol. The number of likely N-dealkylation sites (tertiary alicyclic amines) is 1. The van der Waals surface area contributed by atoms with Crippen LogP contribution in [0.5, 0.6) is 5.75 Å². The Balaban J connectivity index is 1.68. The summed E-state index contributed by atoms with van der Waals surface area (Å²) < 4.78 is 5.45. The molecule has 5 nitrogen and oxygen atoms in total. The van der Waals surface area contributed by atoms with E-state index in [1.165, 1.54) is 6.42 Å². The predicted octanol–water partition coefficient (Wildman–Crippen LogP) is 3.23. The Labute approximate surface area is 149 Å². The predicted molar refractivity (Wildman–Crippen MR) is 97.7 cm³/mol. The van der Waals surface area contributed by atoms with Gasteiger partial charge in [-0.2, -0.15) is 0 Å². The SMILES string of the molecule is CCOc1ccc(N2CC(C(=O)N3CCCCC3CC)CC2=O)cc1. The summed E-state index contributed by atoms with van der Waals surface area (Å²) in [6, 6.07) is 7.88. The third kappa shape index (κ3) is 3.80. The summed E-state index contributed by atoms with van der Waals surface area (Å²) in [6.45, 7) is 6.03. The van der Waals surface area contributed by atoms with Crippen LogP contribution < -0.4 is 9.64 Å². The molecule has 1 aromatic carbocycles. The summed E-state index contributed by atoms with van der Waals surface area (Å²) in [4.78, 5) is 29.2. The molecule has 0 aliphatic carbocycles. The second-order valence-corrected chi connectivity index (χ2v) is 6.92. The van der Waals surface area contributed by atoms with Crippen LogP contribution in [0.4, 0.5) is 5.69 Å². The van der Waals surface area contributed by atoms with Crippen molar-refractivity contribution in [2.45, 2.75) is 52.0 Å². The van der Waals surface area contributed by atoms with Gasteiger partial charge in [0.15, 0.2) is 0 Å². The second kappa shape index (κ2) is 7.89. The molecule has 0 aromatic heterocycles. The molecule has 2 saturated heterocycles. The van der Waals surface area contributed by atoms with Crippen LogP contribution in [0.25, 0.3) is 0 Å². The lowest BCUT2D eigenvalue weighted by atomic mass is 9.97. The number of nitrogens with zero attached hydrogens (tertiary/aromatic N) is 2. The van der Waals surface area contributed by atoms with Crippen molar-refractivity contribution in [1.82, 2.24) is 4.90 Å². The first-order valence-electron chi connectivity index (χ1n) is 9.47. The third-order valence-electron chi connectivity index (χ3n) is 5.32. The second-order valence-electron chi connectivity index (χ2n) is 6.92. The normalized spacial score (nSPS) is 23.8. The van der Waals surface area contributed by atoms with Gasteiger partial charge in [-0.15, -0.1) is 0 Å². The molecule has 2 atom stereocenters. The van der Waals surface area contributed by atoms with E-state index < -0.39 is 0 Å². The fourth-order valence-corrected chi connectivity index (χ4v) is 3.96. The number of rotatable bonds is 5. The van der Waals surface area contributed by atoms with E-state index in [-0.39, 0.29) is 17.7 Å². The summed E-state index contributed by atoms with van der Waals surface area (Å²) >= 11 is 0. The first-order chi connectivity index (χ1) is 12.1. The van der Waals surface area contributed by atoms with Gasteiger partial charge in [-0.25, -0.2) is 0 Å². The van der Waals surface area contributed by atoms with E-state index in [0.717, 1.165) is 37.2 Å². The van der Waals surface area contributed by atoms with Gasteiger partial charge in [-0.1, -0.05) is 6.92 Å². The fourth-order valence-electron chi connectivity index (χ4n) is 3.96. The summed E-state index contributed by atoms with van der Waals surface area (Å²) in [5, 5.41) is 0. The van der Waals surface area contributed by atoms with Crippen LogP contribution in [0, 0.1) is 5.92 Å². The van der Waals surface area contributed by atoms with E-state index in [2.05, 4.69) is 6.92 Å². The van der Waals surface area contributed by atoms with Gasteiger partial charge in [-0.3, -0.25) is 9.59 Å². The van der Waals surface area contributed by atoms with Crippen molar-refractivity contribution in [3.05, 3.63) is 24.3 Å². The Morgan fingerprint density at radius 3 is 2.64 bits per heavy atom. The molecule has 2 amide bonds. The molecule has 0 saturated carbocycles. The average Bonchev–Trinajstić information content (AvgIpc) is 3.03. The van der Waals surface area contributed by atoms with Crippen LogP contribution in [-0.4, -0.2) is 42.5 Å². The zero-order chi connectivity index (χ0) is 17.8. The van der Waals surface area contributed by atoms with Crippen LogP contribution in [0.1, 0.15) is 46.0 Å². The minimum Gasteiger partial charge on any atom is -0.494 e. The number of hydrogen-bond donors (Lipinski definition) is 0. The Hall–Kier alpha value is -2.04. The van der Waals surface area contributed by atoms with Gasteiger partial charge in [0.1, 0.15) is 5.75 Å². The van der Waals surface area contributed by atoms with Crippen molar-refractivity contribution in [2.75, 3.05) is 24.6 Å². The van der Waals surface area contributed by atoms with E-state index in [4.69, 9.17) is 4.74 Å². The van der Waals surface area contributed by atoms with Crippen molar-refractivity contribution >= 4 is 17.5 Å². The van der Waals surface area contributed by atoms with E-state index in [1.54, 1.807) is 4.90 Å². The number of carbonyl (C=O) groups is 2. The highest BCUT2D eigenvalue weighted by Crippen LogP contribution is 2.30. The number of carbonyl (C=O) groups excluding carboxylic acids is 2. The van der Waals surface area contributed by atoms with Crippen LogP contribution in [0.2, 0.25) is 0 Å². The lowest BCUT2D eigenvalue weighted by Crippen LogP contribution is -2.46. The molecule has 136 valence electrons. The quantitative estimate of drug-likeness (QED) is 0.824. The Morgan fingerprint density at radius 1 is 1.20 bits per heavy atom. The van der Waals surface area contributed by atoms with Gasteiger partial charge < -0.3 is 14.5 Å². The van der Waals surface area contributed by atoms with Gasteiger partial charge in [0, 0.05) is 31.2 Å². The summed E-state index contributed by atoms with van der Waals surface area (Å²) in [5.41, 5.74) is 0.842. The highest BCUT2D eigenvalue weighted by atomic mass is 16.5. The molecule has 25 heavy (non-hydrogen) atoms. The van der Waals surface area contributed by atoms with Crippen molar-refractivity contribution in [1.29, 1.82) is 0 Å². The molecule has 2 aliphatic heterocycles. The van der Waals surface area contributed by atoms with E-state index in [1.807, 2.05) is 36.1 Å². The van der Waals surface area contributed by atoms with Gasteiger partial charge in [0.2, 0.25) is 11.8 Å². The van der Waals surface area contributed by atoms with Crippen molar-refractivity contribution < 1.29 is 14.3 Å². The molecule has 0 bridgehead atoms. The first kappa shape index (κ1) is 17.8. The Kier molecular flexibility index (Phi) is 5.61. The molecule has 3 rings (SSSR count). The van der Waals surface area contributed by atoms with Crippen LogP contribution in [0.3, 0.4) is 0 Å². The Morgan fingerprint density at radius 2 is 1.96 bits per heavy atom. The lowest BCUT2D eigenvalue weighted by molar-refractivity contribution is -0.139. The topological polar surface area (TPSA) is 49.9 Å². The average molecular weight is 344 g/mol. The molecule has 5 heteroatoms. The summed E-state index contributed by atoms with van der Waals surface area (Å²) in [5.74, 6) is 0.775. The Bertz CT molecular complexity index is 614. The largest absolute Gasteiger partial charge is 0.494 e. The van der Waals surface area contributed by atoms with E-state index >= 15 is 0 Å². The lowest BCUT2D eigenvalue weighted by Gasteiger charge is -2.36. The van der Waals surface area contributed by atoms with Crippen molar-refractivity contribution in [3.63, 3.8) is 0 Å². The number of amides is 2. The number of ether oxygens (including phenoxy) is 1. The molecule has 0 radical (unpaired) electrons. The van der Waals surface area contributed by atoms with Gasteiger partial charge >= 0.3 is 0 Å². The van der Waals surface area contributed by atoms with E-state index in [0.29, 0.717) is 25.6 Å². The number of benzene rings is 1. The maximum absolute atomic E-state index is 13.0. The van der Waals surface area contributed by atoms with E-state index in [9.17, 15) is 9.59 Å². The van der Waals surface area contributed by atoms with Crippen LogP contribution >= 0.6 is 0 Å². The number of anilines is 1. The van der Waals surface area contributed by atoms with Crippen LogP contribution in [-0.2, 0) is 9.59 Å². The molecule has 0 N–H and O–H groups in total. The molecule has 2 aliphatic rings. The summed E-state index contributed by atoms with van der Waals surface area (Å²) in [6.07, 6.45) is 4.68. The standard InChI is InChI=1S/C20H28N2O3/c1-3-16-7-5-6-12-21(16)20(24)15-13-19(23)22(14-15)17-8-10-18(11-9-17)25-4-2/h8-11,15-16H,3-7,12-14H2,1-2H3. The molecular weight excluding hydrogens is 316 g/mol. The molecule has 2 fully saturated rings. The van der Waals surface area contributed by atoms with Gasteiger partial charge in [0.25, 0.3) is 0 Å². The minimum atomic E-state index is -0.216. The van der Waals surface area contributed by atoms with Gasteiger partial charge in [-0.05, 0) is 56.9 Å². The molecule has 2 heterocycles. The first-order valence-corrected chi connectivity index (χ1v) is 9.47. The van der Waals surface area contributed by atoms with Crippen LogP contribution in [0.15, 0.2) is 24.3 Å². The zero-order valence-electron chi connectivity index (χ0n) is 15.2. The molecule has 1 aromatic rings.